The summed E-state index contributed by atoms with van der Waals surface area (Å²) in [6.45, 7) is 2.19. The van der Waals surface area contributed by atoms with Gasteiger partial charge in [0.25, 0.3) is 5.91 Å². The number of benzene rings is 2. The van der Waals surface area contributed by atoms with Crippen molar-refractivity contribution >= 4 is 41.0 Å². The van der Waals surface area contributed by atoms with Crippen LogP contribution in [0.4, 0.5) is 11.7 Å². The van der Waals surface area contributed by atoms with Crippen LogP contribution in [0.2, 0.25) is 5.02 Å². The van der Waals surface area contributed by atoms with Gasteiger partial charge in [-0.1, -0.05) is 22.8 Å². The summed E-state index contributed by atoms with van der Waals surface area (Å²) in [7, 11) is 0. The zero-order valence-corrected chi connectivity index (χ0v) is 17.8. The maximum absolute atomic E-state index is 12.8. The Kier molecular flexibility index (Phi) is 4.90. The highest BCUT2D eigenvalue weighted by Crippen LogP contribution is 2.31. The van der Waals surface area contributed by atoms with E-state index >= 15 is 0 Å². The first-order chi connectivity index (χ1) is 15.4. The largest absolute Gasteiger partial charge is 0.403 e. The average Bonchev–Trinajstić information content (AvgIpc) is 3.35. The zero-order valence-electron chi connectivity index (χ0n) is 17.0. The first-order valence-corrected chi connectivity index (χ1v) is 10.4. The van der Waals surface area contributed by atoms with E-state index in [-0.39, 0.29) is 30.8 Å². The lowest BCUT2D eigenvalue weighted by Gasteiger charge is -2.29. The molecule has 0 bridgehead atoms. The number of halogens is 1. The number of aromatic nitrogens is 2. The van der Waals surface area contributed by atoms with Gasteiger partial charge in [0.05, 0.1) is 0 Å². The highest BCUT2D eigenvalue weighted by atomic mass is 35.5. The number of nitrogens with one attached hydrogen (secondary N) is 2. The summed E-state index contributed by atoms with van der Waals surface area (Å²) in [5, 5.41) is 14.0. The number of rotatable bonds is 4. The van der Waals surface area contributed by atoms with E-state index in [9.17, 15) is 14.4 Å². The fraction of sp³-hybridized carbons (Fsp3) is 0.227. The van der Waals surface area contributed by atoms with Gasteiger partial charge in [-0.05, 0) is 54.8 Å². The van der Waals surface area contributed by atoms with Crippen LogP contribution >= 0.6 is 11.6 Å². The first kappa shape index (κ1) is 20.2. The molecule has 2 N–H and O–H groups in total. The molecule has 32 heavy (non-hydrogen) atoms. The summed E-state index contributed by atoms with van der Waals surface area (Å²) in [4.78, 5) is 37.9. The van der Waals surface area contributed by atoms with E-state index in [1.165, 1.54) is 4.90 Å². The topological polar surface area (TPSA) is 117 Å². The molecule has 3 heterocycles. The van der Waals surface area contributed by atoms with Crippen molar-refractivity contribution in [3.63, 3.8) is 0 Å². The third kappa shape index (κ3) is 3.60. The number of hydrogen-bond donors (Lipinski definition) is 2. The number of imide groups is 1. The van der Waals surface area contributed by atoms with Gasteiger partial charge in [0, 0.05) is 34.8 Å². The van der Waals surface area contributed by atoms with E-state index in [4.69, 9.17) is 16.0 Å². The van der Waals surface area contributed by atoms with Gasteiger partial charge in [-0.25, -0.2) is 0 Å². The maximum atomic E-state index is 12.8. The number of anilines is 2. The minimum atomic E-state index is -0.656. The molecule has 0 radical (unpaired) electrons. The number of carbonyl (C=O) groups excluding carboxylic acids is 3. The fourth-order valence-electron chi connectivity index (χ4n) is 3.89. The monoisotopic (exact) mass is 451 g/mol. The minimum absolute atomic E-state index is 0.210. The molecule has 2 aromatic carbocycles. The van der Waals surface area contributed by atoms with Crippen LogP contribution in [0.15, 0.2) is 40.8 Å². The number of fused-ring (bicyclic) bond motifs is 1. The Bertz CT molecular complexity index is 1270. The van der Waals surface area contributed by atoms with Crippen molar-refractivity contribution in [2.24, 2.45) is 0 Å². The number of piperidine rings is 1. The number of aryl methyl sites for hydroxylation is 1. The number of nitrogens with zero attached hydrogens (tertiary/aromatic N) is 3. The number of amides is 3. The van der Waals surface area contributed by atoms with Crippen molar-refractivity contribution in [3.05, 3.63) is 58.1 Å². The van der Waals surface area contributed by atoms with Crippen molar-refractivity contribution in [1.29, 1.82) is 0 Å². The Balaban J connectivity index is 1.35. The minimum Gasteiger partial charge on any atom is -0.403 e. The standard InChI is InChI=1S/C22H18ClN5O4/c1-11-2-4-14(9-16(11)23)24-22-27-26-20(32-22)12-3-5-15-13(8-12)10-28(21(15)31)17-6-7-18(29)25-19(17)30/h2-5,8-9,17H,6-7,10H2,1H3,(H,24,27)(H,25,29,30). The van der Waals surface area contributed by atoms with Crippen molar-refractivity contribution < 1.29 is 18.8 Å². The molecule has 3 amide bonds. The van der Waals surface area contributed by atoms with E-state index in [1.54, 1.807) is 24.3 Å². The molecular weight excluding hydrogens is 434 g/mol. The Morgan fingerprint density at radius 1 is 1.16 bits per heavy atom. The van der Waals surface area contributed by atoms with Gasteiger partial charge in [0.15, 0.2) is 0 Å². The molecule has 1 atom stereocenters. The van der Waals surface area contributed by atoms with E-state index in [1.807, 2.05) is 19.1 Å². The van der Waals surface area contributed by atoms with Crippen LogP contribution in [0.1, 0.15) is 34.3 Å². The lowest BCUT2D eigenvalue weighted by molar-refractivity contribution is -0.136. The predicted molar refractivity (Wildman–Crippen MR) is 115 cm³/mol. The average molecular weight is 452 g/mol. The van der Waals surface area contributed by atoms with Gasteiger partial charge in [0.1, 0.15) is 6.04 Å². The quantitative estimate of drug-likeness (QED) is 0.585. The Labute approximate surface area is 187 Å². The lowest BCUT2D eigenvalue weighted by atomic mass is 10.0. The summed E-state index contributed by atoms with van der Waals surface area (Å²) < 4.78 is 5.73. The van der Waals surface area contributed by atoms with E-state index in [2.05, 4.69) is 20.8 Å². The molecule has 1 fully saturated rings. The van der Waals surface area contributed by atoms with Gasteiger partial charge in [-0.15, -0.1) is 5.10 Å². The molecular formula is C22H18ClN5O4. The molecule has 0 aliphatic carbocycles. The summed E-state index contributed by atoms with van der Waals surface area (Å²) in [6, 6.07) is 10.3. The van der Waals surface area contributed by atoms with E-state index in [0.29, 0.717) is 28.5 Å². The van der Waals surface area contributed by atoms with Crippen LogP contribution < -0.4 is 10.6 Å². The summed E-state index contributed by atoms with van der Waals surface area (Å²) in [5.41, 5.74) is 3.61. The van der Waals surface area contributed by atoms with Gasteiger partial charge >= 0.3 is 6.01 Å². The maximum Gasteiger partial charge on any atom is 0.320 e. The Hall–Kier alpha value is -3.72. The molecule has 162 valence electrons. The van der Waals surface area contributed by atoms with Crippen molar-refractivity contribution in [1.82, 2.24) is 20.4 Å². The smallest absolute Gasteiger partial charge is 0.320 e. The third-order valence-corrected chi connectivity index (χ3v) is 6.03. The summed E-state index contributed by atoms with van der Waals surface area (Å²) in [6.07, 6.45) is 0.532. The summed E-state index contributed by atoms with van der Waals surface area (Å²) >= 11 is 6.15. The van der Waals surface area contributed by atoms with Gasteiger partial charge in [0.2, 0.25) is 17.7 Å². The van der Waals surface area contributed by atoms with Gasteiger partial charge in [-0.3, -0.25) is 19.7 Å². The first-order valence-electron chi connectivity index (χ1n) is 10.0. The SMILES string of the molecule is Cc1ccc(Nc2nnc(-c3ccc4c(c3)CN(C3CCC(=O)NC3=O)C4=O)o2)cc1Cl. The predicted octanol–water partition coefficient (Wildman–Crippen LogP) is 3.20. The third-order valence-electron chi connectivity index (χ3n) is 5.62. The molecule has 3 aromatic rings. The molecule has 9 nitrogen and oxygen atoms in total. The van der Waals surface area contributed by atoms with Gasteiger partial charge in [-0.2, -0.15) is 0 Å². The molecule has 1 saturated heterocycles. The second kappa shape index (κ2) is 7.76. The molecule has 2 aliphatic rings. The van der Waals surface area contributed by atoms with Gasteiger partial charge < -0.3 is 14.6 Å². The second-order valence-corrected chi connectivity index (χ2v) is 8.18. The normalized spacial score (nSPS) is 18.0. The molecule has 5 rings (SSSR count). The Morgan fingerprint density at radius 3 is 2.78 bits per heavy atom. The highest BCUT2D eigenvalue weighted by Gasteiger charge is 2.39. The fourth-order valence-corrected chi connectivity index (χ4v) is 4.07. The lowest BCUT2D eigenvalue weighted by Crippen LogP contribution is -2.52. The van der Waals surface area contributed by atoms with Crippen LogP contribution in [-0.4, -0.2) is 38.9 Å². The number of hydrogen-bond acceptors (Lipinski definition) is 7. The molecule has 1 unspecified atom stereocenters. The van der Waals surface area contributed by atoms with E-state index < -0.39 is 11.9 Å². The van der Waals surface area contributed by atoms with Crippen molar-refractivity contribution in [2.45, 2.75) is 32.4 Å². The zero-order chi connectivity index (χ0) is 22.4. The molecule has 10 heteroatoms. The molecule has 1 aromatic heterocycles. The highest BCUT2D eigenvalue weighted by molar-refractivity contribution is 6.31. The van der Waals surface area contributed by atoms with Crippen LogP contribution in [0.3, 0.4) is 0 Å². The molecule has 0 saturated carbocycles. The Morgan fingerprint density at radius 2 is 2.00 bits per heavy atom. The summed E-state index contributed by atoms with van der Waals surface area (Å²) in [5.74, 6) is -0.691. The molecule has 2 aliphatic heterocycles. The number of carbonyl (C=O) groups is 3. The molecule has 0 spiro atoms. The second-order valence-electron chi connectivity index (χ2n) is 7.77. The van der Waals surface area contributed by atoms with Crippen LogP contribution in [0.5, 0.6) is 0 Å². The van der Waals surface area contributed by atoms with E-state index in [0.717, 1.165) is 16.8 Å². The van der Waals surface area contributed by atoms with Crippen LogP contribution in [0, 0.1) is 6.92 Å². The van der Waals surface area contributed by atoms with Crippen molar-refractivity contribution in [2.75, 3.05) is 5.32 Å². The van der Waals surface area contributed by atoms with Crippen LogP contribution in [-0.2, 0) is 16.1 Å². The van der Waals surface area contributed by atoms with Crippen molar-refractivity contribution in [3.8, 4) is 11.5 Å². The van der Waals surface area contributed by atoms with Crippen LogP contribution in [0.25, 0.3) is 11.5 Å².